The Kier molecular flexibility index (Phi) is 4.23. The van der Waals surface area contributed by atoms with E-state index < -0.39 is 10.0 Å². The van der Waals surface area contributed by atoms with Crippen molar-refractivity contribution in [3.63, 3.8) is 0 Å². The van der Waals surface area contributed by atoms with Crippen molar-refractivity contribution in [1.82, 2.24) is 4.72 Å². The zero-order chi connectivity index (χ0) is 15.1. The molecule has 2 rings (SSSR count). The molecular formula is C15H23NO3S. The topological polar surface area (TPSA) is 66.4 Å². The van der Waals surface area contributed by atoms with Gasteiger partial charge < -0.3 is 5.11 Å². The summed E-state index contributed by atoms with van der Waals surface area (Å²) < 4.78 is 27.8. The monoisotopic (exact) mass is 297 g/mol. The van der Waals surface area contributed by atoms with E-state index in [9.17, 15) is 13.5 Å². The molecule has 0 heterocycles. The first-order valence-corrected chi connectivity index (χ1v) is 8.46. The minimum Gasteiger partial charge on any atom is -0.393 e. The normalized spacial score (nSPS) is 22.6. The summed E-state index contributed by atoms with van der Waals surface area (Å²) in [6, 6.07) is 2.02. The Morgan fingerprint density at radius 2 is 1.65 bits per heavy atom. The average molecular weight is 297 g/mol. The largest absolute Gasteiger partial charge is 0.393 e. The number of aryl methyl sites for hydroxylation is 2. The van der Waals surface area contributed by atoms with Crippen LogP contribution in [0.4, 0.5) is 0 Å². The lowest BCUT2D eigenvalue weighted by Crippen LogP contribution is -2.38. The van der Waals surface area contributed by atoms with Crippen LogP contribution in [0.15, 0.2) is 11.0 Å². The number of benzene rings is 1. The summed E-state index contributed by atoms with van der Waals surface area (Å²) in [4.78, 5) is 0.412. The first kappa shape index (κ1) is 15.5. The molecule has 0 aliphatic heterocycles. The summed E-state index contributed by atoms with van der Waals surface area (Å²) >= 11 is 0. The molecule has 0 aromatic heterocycles. The van der Waals surface area contributed by atoms with E-state index in [1.165, 1.54) is 0 Å². The Hall–Kier alpha value is -0.910. The van der Waals surface area contributed by atoms with Gasteiger partial charge in [0.25, 0.3) is 0 Å². The van der Waals surface area contributed by atoms with Crippen LogP contribution >= 0.6 is 0 Å². The van der Waals surface area contributed by atoms with Crippen molar-refractivity contribution in [1.29, 1.82) is 0 Å². The number of rotatable bonds is 4. The third-order valence-corrected chi connectivity index (χ3v) is 6.04. The molecule has 112 valence electrons. The molecule has 0 spiro atoms. The number of nitrogens with one attached hydrogen (secondary N) is 1. The molecule has 1 aromatic rings. The lowest BCUT2D eigenvalue weighted by Gasteiger charge is -2.31. The molecule has 0 amide bonds. The molecular weight excluding hydrogens is 274 g/mol. The highest BCUT2D eigenvalue weighted by atomic mass is 32.2. The first-order chi connectivity index (χ1) is 9.22. The number of aliphatic hydroxyl groups excluding tert-OH is 1. The highest BCUT2D eigenvalue weighted by Gasteiger charge is 2.29. The van der Waals surface area contributed by atoms with Gasteiger partial charge in [0.2, 0.25) is 10.0 Å². The third kappa shape index (κ3) is 2.90. The van der Waals surface area contributed by atoms with Crippen LogP contribution in [0.2, 0.25) is 0 Å². The van der Waals surface area contributed by atoms with Gasteiger partial charge in [0.1, 0.15) is 0 Å². The summed E-state index contributed by atoms with van der Waals surface area (Å²) in [6.07, 6.45) is 1.12. The van der Waals surface area contributed by atoms with Crippen molar-refractivity contribution < 1.29 is 13.5 Å². The minimum atomic E-state index is -3.49. The molecule has 0 saturated heterocycles. The van der Waals surface area contributed by atoms with Crippen LogP contribution in [-0.4, -0.2) is 26.2 Å². The van der Waals surface area contributed by atoms with E-state index in [2.05, 4.69) is 4.72 Å². The molecule has 1 aliphatic carbocycles. The van der Waals surface area contributed by atoms with Crippen molar-refractivity contribution in [3.05, 3.63) is 28.3 Å². The molecule has 0 bridgehead atoms. The van der Waals surface area contributed by atoms with Gasteiger partial charge in [-0.15, -0.1) is 0 Å². The summed E-state index contributed by atoms with van der Waals surface area (Å²) in [5, 5.41) is 9.25. The summed E-state index contributed by atoms with van der Waals surface area (Å²) in [5.74, 6) is 0.256. The van der Waals surface area contributed by atoms with E-state index in [4.69, 9.17) is 0 Å². The number of hydrogen-bond donors (Lipinski definition) is 2. The van der Waals surface area contributed by atoms with E-state index in [-0.39, 0.29) is 12.0 Å². The van der Waals surface area contributed by atoms with E-state index in [0.29, 0.717) is 24.3 Å². The van der Waals surface area contributed by atoms with E-state index in [1.54, 1.807) is 0 Å². The molecule has 1 saturated carbocycles. The first-order valence-electron chi connectivity index (χ1n) is 6.97. The van der Waals surface area contributed by atoms with E-state index in [1.807, 2.05) is 33.8 Å². The quantitative estimate of drug-likeness (QED) is 0.893. The molecule has 5 heteroatoms. The van der Waals surface area contributed by atoms with Gasteiger partial charge in [0.15, 0.2) is 0 Å². The van der Waals surface area contributed by atoms with E-state index in [0.717, 1.165) is 22.3 Å². The highest BCUT2D eigenvalue weighted by Crippen LogP contribution is 2.28. The summed E-state index contributed by atoms with van der Waals surface area (Å²) in [6.45, 7) is 7.98. The molecule has 4 nitrogen and oxygen atoms in total. The molecule has 1 aromatic carbocycles. The van der Waals surface area contributed by atoms with Gasteiger partial charge in [0, 0.05) is 6.54 Å². The SMILES string of the molecule is Cc1cc(C)c(C)c(S(=O)(=O)NCC2CC(O)C2)c1C. The van der Waals surface area contributed by atoms with Gasteiger partial charge >= 0.3 is 0 Å². The Balaban J connectivity index is 2.25. The third-order valence-electron chi connectivity index (χ3n) is 4.34. The van der Waals surface area contributed by atoms with Crippen LogP contribution in [0.5, 0.6) is 0 Å². The molecule has 2 N–H and O–H groups in total. The summed E-state index contributed by atoms with van der Waals surface area (Å²) in [5.41, 5.74) is 3.61. The second kappa shape index (κ2) is 5.47. The smallest absolute Gasteiger partial charge is 0.241 e. The minimum absolute atomic E-state index is 0.255. The van der Waals surface area contributed by atoms with Gasteiger partial charge in [-0.25, -0.2) is 13.1 Å². The maximum Gasteiger partial charge on any atom is 0.241 e. The number of aliphatic hydroxyl groups is 1. The fraction of sp³-hybridized carbons (Fsp3) is 0.600. The Bertz CT molecular complexity index is 590. The lowest BCUT2D eigenvalue weighted by atomic mass is 9.83. The summed E-state index contributed by atoms with van der Waals surface area (Å²) in [7, 11) is -3.49. The Morgan fingerprint density at radius 1 is 1.15 bits per heavy atom. The van der Waals surface area contributed by atoms with Gasteiger partial charge in [-0.2, -0.15) is 0 Å². The lowest BCUT2D eigenvalue weighted by molar-refractivity contribution is 0.0453. The molecule has 1 aliphatic rings. The average Bonchev–Trinajstić information content (AvgIpc) is 2.31. The van der Waals surface area contributed by atoms with Gasteiger partial charge in [0.05, 0.1) is 11.0 Å². The Labute approximate surface area is 121 Å². The number of sulfonamides is 1. The molecule has 1 fully saturated rings. The predicted molar refractivity (Wildman–Crippen MR) is 79.3 cm³/mol. The van der Waals surface area contributed by atoms with Crippen molar-refractivity contribution >= 4 is 10.0 Å². The van der Waals surface area contributed by atoms with Gasteiger partial charge in [-0.05, 0) is 68.7 Å². The van der Waals surface area contributed by atoms with Crippen molar-refractivity contribution in [3.8, 4) is 0 Å². The zero-order valence-electron chi connectivity index (χ0n) is 12.5. The zero-order valence-corrected chi connectivity index (χ0v) is 13.3. The van der Waals surface area contributed by atoms with Gasteiger partial charge in [-0.1, -0.05) is 6.07 Å². The van der Waals surface area contributed by atoms with Crippen LogP contribution in [0.1, 0.15) is 35.1 Å². The van der Waals surface area contributed by atoms with Gasteiger partial charge in [-0.3, -0.25) is 0 Å². The number of hydrogen-bond acceptors (Lipinski definition) is 3. The van der Waals surface area contributed by atoms with Crippen LogP contribution < -0.4 is 4.72 Å². The van der Waals surface area contributed by atoms with Crippen LogP contribution in [0.25, 0.3) is 0 Å². The molecule has 0 radical (unpaired) electrons. The molecule has 0 unspecified atom stereocenters. The van der Waals surface area contributed by atoms with Crippen LogP contribution in [-0.2, 0) is 10.0 Å². The maximum absolute atomic E-state index is 12.5. The second-order valence-electron chi connectivity index (χ2n) is 5.93. The molecule has 20 heavy (non-hydrogen) atoms. The highest BCUT2D eigenvalue weighted by molar-refractivity contribution is 7.89. The second-order valence-corrected chi connectivity index (χ2v) is 7.64. The van der Waals surface area contributed by atoms with Crippen LogP contribution in [0, 0.1) is 33.6 Å². The van der Waals surface area contributed by atoms with E-state index >= 15 is 0 Å². The van der Waals surface area contributed by atoms with Crippen molar-refractivity contribution in [2.24, 2.45) is 5.92 Å². The van der Waals surface area contributed by atoms with Crippen molar-refractivity contribution in [2.45, 2.75) is 51.5 Å². The maximum atomic E-state index is 12.5. The fourth-order valence-corrected chi connectivity index (χ4v) is 4.48. The standard InChI is InChI=1S/C15H23NO3S/c1-9-5-10(2)12(4)15(11(9)3)20(18,19)16-8-13-6-14(17)7-13/h5,13-14,16-17H,6-8H2,1-4H3. The fourth-order valence-electron chi connectivity index (χ4n) is 2.75. The van der Waals surface area contributed by atoms with Crippen molar-refractivity contribution in [2.75, 3.05) is 6.54 Å². The predicted octanol–water partition coefficient (Wildman–Crippen LogP) is 1.97. The van der Waals surface area contributed by atoms with Crippen LogP contribution in [0.3, 0.4) is 0 Å². The molecule has 0 atom stereocenters. The Morgan fingerprint density at radius 3 is 2.10 bits per heavy atom.